The minimum Gasteiger partial charge on any atom is -0.250 e. The molecule has 0 fully saturated rings. The van der Waals surface area contributed by atoms with Crippen LogP contribution in [-0.4, -0.2) is 6.67 Å². The molecule has 0 bridgehead atoms. The van der Waals surface area contributed by atoms with Gasteiger partial charge >= 0.3 is 0 Å². The zero-order valence-corrected chi connectivity index (χ0v) is 4.87. The fourth-order valence-corrected chi connectivity index (χ4v) is 0.0546. The first kappa shape index (κ1) is 6.67. The topological polar surface area (TPSA) is 0 Å². The summed E-state index contributed by atoms with van der Waals surface area (Å²) in [5, 5.41) is 0. The molecule has 0 rings (SSSR count). The molecule has 0 aliphatic rings. The van der Waals surface area contributed by atoms with Gasteiger partial charge in [-0.05, 0) is 0 Å². The molecular formula is C6H11F. The summed E-state index contributed by atoms with van der Waals surface area (Å²) in [4.78, 5) is 0. The van der Waals surface area contributed by atoms with E-state index in [2.05, 4.69) is 6.58 Å². The van der Waals surface area contributed by atoms with Crippen molar-refractivity contribution in [2.45, 2.75) is 13.8 Å². The zero-order chi connectivity index (χ0) is 5.91. The lowest BCUT2D eigenvalue weighted by Gasteiger charge is -2.11. The maximum Gasteiger partial charge on any atom is 0.0979 e. The quantitative estimate of drug-likeness (QED) is 0.469. The third-order valence-corrected chi connectivity index (χ3v) is 0.897. The molecule has 0 amide bonds. The summed E-state index contributed by atoms with van der Waals surface area (Å²) in [6, 6.07) is 0. The maximum absolute atomic E-state index is 11.7. The molecule has 0 saturated heterocycles. The van der Waals surface area contributed by atoms with E-state index in [1.54, 1.807) is 19.9 Å². The number of hydrogen-bond acceptors (Lipinski definition) is 0. The van der Waals surface area contributed by atoms with Gasteiger partial charge in [-0.25, -0.2) is 0 Å². The molecule has 0 saturated carbocycles. The van der Waals surface area contributed by atoms with Gasteiger partial charge in [-0.2, -0.15) is 0 Å². The summed E-state index contributed by atoms with van der Waals surface area (Å²) >= 11 is 0. The molecular weight excluding hydrogens is 91.1 g/mol. The van der Waals surface area contributed by atoms with E-state index in [4.69, 9.17) is 0 Å². The summed E-state index contributed by atoms with van der Waals surface area (Å²) in [7, 11) is 0. The van der Waals surface area contributed by atoms with Gasteiger partial charge in [-0.3, -0.25) is 4.39 Å². The first-order valence-corrected chi connectivity index (χ1v) is 2.32. The van der Waals surface area contributed by atoms with Crippen LogP contribution in [0.25, 0.3) is 0 Å². The van der Waals surface area contributed by atoms with Gasteiger partial charge in [-0.1, -0.05) is 19.9 Å². The lowest BCUT2D eigenvalue weighted by atomic mass is 9.96. The van der Waals surface area contributed by atoms with Crippen molar-refractivity contribution in [2.24, 2.45) is 5.41 Å². The van der Waals surface area contributed by atoms with Crippen molar-refractivity contribution in [3.8, 4) is 0 Å². The van der Waals surface area contributed by atoms with Crippen LogP contribution >= 0.6 is 0 Å². The molecule has 0 aromatic rings. The summed E-state index contributed by atoms with van der Waals surface area (Å²) in [5.74, 6) is 0. The van der Waals surface area contributed by atoms with Gasteiger partial charge in [0.1, 0.15) is 0 Å². The van der Waals surface area contributed by atoms with Gasteiger partial charge in [0, 0.05) is 5.41 Å². The van der Waals surface area contributed by atoms with Crippen molar-refractivity contribution >= 4 is 0 Å². The second kappa shape index (κ2) is 2.10. The van der Waals surface area contributed by atoms with Gasteiger partial charge in [0.2, 0.25) is 0 Å². The maximum atomic E-state index is 11.7. The van der Waals surface area contributed by atoms with Crippen LogP contribution in [0.3, 0.4) is 0 Å². The number of hydrogen-bond donors (Lipinski definition) is 0. The van der Waals surface area contributed by atoms with Crippen LogP contribution in [0.15, 0.2) is 12.7 Å². The van der Waals surface area contributed by atoms with E-state index in [9.17, 15) is 4.39 Å². The zero-order valence-electron chi connectivity index (χ0n) is 4.87. The Kier molecular flexibility index (Phi) is 2.00. The second-order valence-electron chi connectivity index (χ2n) is 2.33. The van der Waals surface area contributed by atoms with Gasteiger partial charge in [0.25, 0.3) is 0 Å². The SMILES string of the molecule is C=CC(C)(C)CF. The fourth-order valence-electron chi connectivity index (χ4n) is 0.0546. The first-order chi connectivity index (χ1) is 3.12. The van der Waals surface area contributed by atoms with E-state index in [1.165, 1.54) is 0 Å². The van der Waals surface area contributed by atoms with Crippen LogP contribution in [0.1, 0.15) is 13.8 Å². The number of halogens is 1. The highest BCUT2D eigenvalue weighted by Gasteiger charge is 2.10. The monoisotopic (exact) mass is 102 g/mol. The minimum atomic E-state index is -0.323. The molecule has 1 heteroatoms. The van der Waals surface area contributed by atoms with E-state index in [0.29, 0.717) is 0 Å². The Morgan fingerprint density at radius 1 is 1.71 bits per heavy atom. The Balaban J connectivity index is 3.58. The van der Waals surface area contributed by atoms with Crippen LogP contribution in [0.2, 0.25) is 0 Å². The Labute approximate surface area is 44.0 Å². The predicted molar refractivity (Wildman–Crippen MR) is 30.0 cm³/mol. The second-order valence-corrected chi connectivity index (χ2v) is 2.33. The summed E-state index contributed by atoms with van der Waals surface area (Å²) < 4.78 is 11.7. The summed E-state index contributed by atoms with van der Waals surface area (Å²) in [5.41, 5.74) is -0.319. The Morgan fingerprint density at radius 3 is 2.14 bits per heavy atom. The molecule has 0 nitrogen and oxygen atoms in total. The van der Waals surface area contributed by atoms with Crippen molar-refractivity contribution in [3.05, 3.63) is 12.7 Å². The third kappa shape index (κ3) is 2.38. The average Bonchev–Trinajstić information content (AvgIpc) is 1.68. The van der Waals surface area contributed by atoms with E-state index in [1.807, 2.05) is 0 Å². The highest BCUT2D eigenvalue weighted by molar-refractivity contribution is 4.86. The molecule has 0 aromatic carbocycles. The molecule has 0 atom stereocenters. The minimum absolute atomic E-state index is 0.319. The van der Waals surface area contributed by atoms with Gasteiger partial charge in [-0.15, -0.1) is 6.58 Å². The highest BCUT2D eigenvalue weighted by atomic mass is 19.1. The van der Waals surface area contributed by atoms with Crippen molar-refractivity contribution < 1.29 is 4.39 Å². The number of alkyl halides is 1. The van der Waals surface area contributed by atoms with Gasteiger partial charge in [0.15, 0.2) is 0 Å². The predicted octanol–water partition coefficient (Wildman–Crippen LogP) is 2.17. The molecule has 0 unspecified atom stereocenters. The molecule has 42 valence electrons. The summed E-state index contributed by atoms with van der Waals surface area (Å²) in [6.07, 6.45) is 1.62. The van der Waals surface area contributed by atoms with Crippen molar-refractivity contribution in [3.63, 3.8) is 0 Å². The fraction of sp³-hybridized carbons (Fsp3) is 0.667. The molecule has 7 heavy (non-hydrogen) atoms. The van der Waals surface area contributed by atoms with Crippen LogP contribution in [-0.2, 0) is 0 Å². The molecule has 0 aliphatic heterocycles. The normalized spacial score (nSPS) is 11.3. The molecule has 0 N–H and O–H groups in total. The number of rotatable bonds is 2. The van der Waals surface area contributed by atoms with E-state index >= 15 is 0 Å². The molecule has 0 spiro atoms. The van der Waals surface area contributed by atoms with Crippen LogP contribution in [0.5, 0.6) is 0 Å². The molecule has 0 heterocycles. The highest BCUT2D eigenvalue weighted by Crippen LogP contribution is 2.15. The van der Waals surface area contributed by atoms with Crippen LogP contribution < -0.4 is 0 Å². The van der Waals surface area contributed by atoms with Crippen LogP contribution in [0, 0.1) is 5.41 Å². The van der Waals surface area contributed by atoms with E-state index in [0.717, 1.165) is 0 Å². The molecule has 0 aromatic heterocycles. The van der Waals surface area contributed by atoms with E-state index < -0.39 is 0 Å². The molecule has 0 radical (unpaired) electrons. The summed E-state index contributed by atoms with van der Waals surface area (Å²) in [6.45, 7) is 6.75. The average molecular weight is 102 g/mol. The number of allylic oxidation sites excluding steroid dienone is 1. The van der Waals surface area contributed by atoms with Gasteiger partial charge in [0.05, 0.1) is 6.67 Å². The molecule has 0 aliphatic carbocycles. The van der Waals surface area contributed by atoms with E-state index in [-0.39, 0.29) is 12.1 Å². The largest absolute Gasteiger partial charge is 0.250 e. The third-order valence-electron chi connectivity index (χ3n) is 0.897. The lowest BCUT2D eigenvalue weighted by molar-refractivity contribution is 0.323. The smallest absolute Gasteiger partial charge is 0.0979 e. The lowest BCUT2D eigenvalue weighted by Crippen LogP contribution is -2.08. The van der Waals surface area contributed by atoms with Crippen molar-refractivity contribution in [1.29, 1.82) is 0 Å². The standard InChI is InChI=1S/C6H11F/c1-4-6(2,3)5-7/h4H,1,5H2,2-3H3. The first-order valence-electron chi connectivity index (χ1n) is 2.32. The van der Waals surface area contributed by atoms with Crippen molar-refractivity contribution in [1.82, 2.24) is 0 Å². The Bertz CT molecular complexity index is 64.6. The van der Waals surface area contributed by atoms with Gasteiger partial charge < -0.3 is 0 Å². The van der Waals surface area contributed by atoms with Crippen molar-refractivity contribution in [2.75, 3.05) is 6.67 Å². The Morgan fingerprint density at radius 2 is 2.14 bits per heavy atom. The van der Waals surface area contributed by atoms with Crippen LogP contribution in [0.4, 0.5) is 4.39 Å². The Hall–Kier alpha value is -0.330.